The van der Waals surface area contributed by atoms with Gasteiger partial charge in [-0.3, -0.25) is 13.9 Å². The number of hydrogen-bond acceptors (Lipinski definition) is 4. The van der Waals surface area contributed by atoms with Gasteiger partial charge in [0.15, 0.2) is 0 Å². The van der Waals surface area contributed by atoms with Crippen LogP contribution in [0.15, 0.2) is 46.9 Å². The van der Waals surface area contributed by atoms with Gasteiger partial charge in [-0.2, -0.15) is 0 Å². The van der Waals surface area contributed by atoms with Gasteiger partial charge in [-0.25, -0.2) is 12.8 Å². The van der Waals surface area contributed by atoms with Crippen LogP contribution in [0.25, 0.3) is 0 Å². The average molecular weight is 577 g/mol. The number of amides is 2. The molecule has 2 aromatic rings. The van der Waals surface area contributed by atoms with Gasteiger partial charge in [0.2, 0.25) is 21.8 Å². The molecule has 186 valence electrons. The SMILES string of the molecule is CCCCNC(=O)[C@@H](C)N(Cc1ccc(Br)cc1)C(=O)CN(c1ccc(F)c(Cl)c1)S(C)(=O)=O. The Hall–Kier alpha value is -2.17. The highest BCUT2D eigenvalue weighted by Crippen LogP contribution is 2.25. The van der Waals surface area contributed by atoms with Crippen molar-refractivity contribution in [3.8, 4) is 0 Å². The van der Waals surface area contributed by atoms with Gasteiger partial charge in [0, 0.05) is 17.6 Å². The van der Waals surface area contributed by atoms with E-state index in [0.717, 1.165) is 45.6 Å². The Morgan fingerprint density at radius 1 is 1.18 bits per heavy atom. The second-order valence-electron chi connectivity index (χ2n) is 7.84. The molecule has 7 nitrogen and oxygen atoms in total. The number of rotatable bonds is 11. The van der Waals surface area contributed by atoms with Crippen LogP contribution in [0.1, 0.15) is 32.3 Å². The molecule has 2 amide bonds. The van der Waals surface area contributed by atoms with Gasteiger partial charge in [-0.1, -0.05) is 53.0 Å². The first-order valence-corrected chi connectivity index (χ1v) is 13.7. The quantitative estimate of drug-likeness (QED) is 0.403. The zero-order chi connectivity index (χ0) is 25.5. The third-order valence-corrected chi connectivity index (χ3v) is 7.09. The van der Waals surface area contributed by atoms with Crippen molar-refractivity contribution >= 4 is 55.1 Å². The first-order valence-electron chi connectivity index (χ1n) is 10.7. The Morgan fingerprint density at radius 2 is 1.82 bits per heavy atom. The summed E-state index contributed by atoms with van der Waals surface area (Å²) in [4.78, 5) is 27.5. The second-order valence-corrected chi connectivity index (χ2v) is 11.1. The maximum absolute atomic E-state index is 13.6. The van der Waals surface area contributed by atoms with Crippen molar-refractivity contribution in [1.82, 2.24) is 10.2 Å². The Labute approximate surface area is 213 Å². The molecule has 0 heterocycles. The van der Waals surface area contributed by atoms with Crippen molar-refractivity contribution in [2.45, 2.75) is 39.3 Å². The number of hydrogen-bond donors (Lipinski definition) is 1. The topological polar surface area (TPSA) is 86.8 Å². The minimum Gasteiger partial charge on any atom is -0.354 e. The van der Waals surface area contributed by atoms with Crippen molar-refractivity contribution in [3.63, 3.8) is 0 Å². The molecule has 1 N–H and O–H groups in total. The van der Waals surface area contributed by atoms with Gasteiger partial charge in [0.25, 0.3) is 0 Å². The molecule has 11 heteroatoms. The number of sulfonamides is 1. The van der Waals surface area contributed by atoms with E-state index < -0.39 is 34.3 Å². The lowest BCUT2D eigenvalue weighted by atomic mass is 10.1. The van der Waals surface area contributed by atoms with E-state index in [2.05, 4.69) is 21.2 Å². The lowest BCUT2D eigenvalue weighted by Gasteiger charge is -2.31. The van der Waals surface area contributed by atoms with Gasteiger partial charge < -0.3 is 10.2 Å². The molecular formula is C23H28BrClFN3O4S. The monoisotopic (exact) mass is 575 g/mol. The van der Waals surface area contributed by atoms with Gasteiger partial charge >= 0.3 is 0 Å². The van der Waals surface area contributed by atoms with Crippen molar-refractivity contribution < 1.29 is 22.4 Å². The van der Waals surface area contributed by atoms with E-state index >= 15 is 0 Å². The number of nitrogens with one attached hydrogen (secondary N) is 1. The maximum atomic E-state index is 13.6. The lowest BCUT2D eigenvalue weighted by Crippen LogP contribution is -2.51. The molecule has 1 atom stereocenters. The van der Waals surface area contributed by atoms with Crippen LogP contribution in [-0.2, 0) is 26.2 Å². The number of benzene rings is 2. The van der Waals surface area contributed by atoms with Crippen molar-refractivity contribution in [2.24, 2.45) is 0 Å². The van der Waals surface area contributed by atoms with Crippen LogP contribution in [0.2, 0.25) is 5.02 Å². The number of nitrogens with zero attached hydrogens (tertiary/aromatic N) is 2. The van der Waals surface area contributed by atoms with Crippen molar-refractivity contribution in [3.05, 3.63) is 63.3 Å². The molecule has 0 saturated carbocycles. The molecule has 34 heavy (non-hydrogen) atoms. The van der Waals surface area contributed by atoms with E-state index in [-0.39, 0.29) is 23.2 Å². The van der Waals surface area contributed by atoms with Crippen LogP contribution in [0.4, 0.5) is 10.1 Å². The molecule has 0 bridgehead atoms. The lowest BCUT2D eigenvalue weighted by molar-refractivity contribution is -0.139. The Balaban J connectivity index is 2.35. The standard InChI is InChI=1S/C23H28BrClFN3O4S/c1-4-5-12-27-23(31)16(2)28(14-17-6-8-18(24)9-7-17)22(30)15-29(34(3,32)33)19-10-11-21(26)20(25)13-19/h6-11,13,16H,4-5,12,14-15H2,1-3H3,(H,27,31)/t16-/m1/s1. The highest BCUT2D eigenvalue weighted by molar-refractivity contribution is 9.10. The number of carbonyl (C=O) groups excluding carboxylic acids is 2. The summed E-state index contributed by atoms with van der Waals surface area (Å²) >= 11 is 9.19. The van der Waals surface area contributed by atoms with Gasteiger partial charge in [0.05, 0.1) is 17.0 Å². The van der Waals surface area contributed by atoms with E-state index in [1.165, 1.54) is 11.0 Å². The van der Waals surface area contributed by atoms with Crippen LogP contribution >= 0.6 is 27.5 Å². The molecule has 0 aliphatic carbocycles. The van der Waals surface area contributed by atoms with E-state index in [1.807, 2.05) is 19.1 Å². The molecule has 0 unspecified atom stereocenters. The smallest absolute Gasteiger partial charge is 0.244 e. The Morgan fingerprint density at radius 3 is 2.38 bits per heavy atom. The van der Waals surface area contributed by atoms with Crippen LogP contribution in [0, 0.1) is 5.82 Å². The Kier molecular flexibility index (Phi) is 10.3. The highest BCUT2D eigenvalue weighted by atomic mass is 79.9. The Bertz CT molecular complexity index is 1120. The molecule has 0 radical (unpaired) electrons. The molecule has 2 rings (SSSR count). The average Bonchev–Trinajstić information content (AvgIpc) is 2.77. The number of halogens is 3. The van der Waals surface area contributed by atoms with Crippen molar-refractivity contribution in [2.75, 3.05) is 23.7 Å². The van der Waals surface area contributed by atoms with Crippen LogP contribution in [0.3, 0.4) is 0 Å². The van der Waals surface area contributed by atoms with E-state index in [4.69, 9.17) is 11.6 Å². The van der Waals surface area contributed by atoms with E-state index in [9.17, 15) is 22.4 Å². The summed E-state index contributed by atoms with van der Waals surface area (Å²) in [5.74, 6) is -1.64. The third kappa shape index (κ3) is 7.95. The molecule has 2 aromatic carbocycles. The summed E-state index contributed by atoms with van der Waals surface area (Å²) in [6.07, 6.45) is 2.64. The molecule has 0 spiro atoms. The fraction of sp³-hybridized carbons (Fsp3) is 0.391. The summed E-state index contributed by atoms with van der Waals surface area (Å²) in [6, 6.07) is 9.79. The van der Waals surface area contributed by atoms with Crippen LogP contribution in [-0.4, -0.2) is 50.5 Å². The van der Waals surface area contributed by atoms with E-state index in [1.54, 1.807) is 19.1 Å². The summed E-state index contributed by atoms with van der Waals surface area (Å²) < 4.78 is 40.3. The van der Waals surface area contributed by atoms with E-state index in [0.29, 0.717) is 6.54 Å². The predicted octanol–water partition coefficient (Wildman–Crippen LogP) is 4.34. The summed E-state index contributed by atoms with van der Waals surface area (Å²) in [5.41, 5.74) is 0.811. The minimum absolute atomic E-state index is 0.0471. The molecule has 0 fully saturated rings. The summed E-state index contributed by atoms with van der Waals surface area (Å²) in [5, 5.41) is 2.54. The normalized spacial score (nSPS) is 12.2. The second kappa shape index (κ2) is 12.5. The van der Waals surface area contributed by atoms with Crippen LogP contribution < -0.4 is 9.62 Å². The molecule has 0 aliphatic heterocycles. The molecular weight excluding hydrogens is 549 g/mol. The zero-order valence-corrected chi connectivity index (χ0v) is 22.4. The van der Waals surface area contributed by atoms with Gasteiger partial charge in [-0.15, -0.1) is 0 Å². The maximum Gasteiger partial charge on any atom is 0.244 e. The van der Waals surface area contributed by atoms with Gasteiger partial charge in [0.1, 0.15) is 18.4 Å². The largest absolute Gasteiger partial charge is 0.354 e. The molecule has 0 aliphatic rings. The fourth-order valence-electron chi connectivity index (χ4n) is 3.16. The number of anilines is 1. The summed E-state index contributed by atoms with van der Waals surface area (Å²) in [7, 11) is -3.92. The number of unbranched alkanes of at least 4 members (excludes halogenated alkanes) is 1. The zero-order valence-electron chi connectivity index (χ0n) is 19.2. The highest BCUT2D eigenvalue weighted by Gasteiger charge is 2.30. The number of carbonyl (C=O) groups is 2. The first kappa shape index (κ1) is 28.1. The van der Waals surface area contributed by atoms with Crippen molar-refractivity contribution in [1.29, 1.82) is 0 Å². The molecule has 0 saturated heterocycles. The minimum atomic E-state index is -3.92. The first-order chi connectivity index (χ1) is 15.9. The van der Waals surface area contributed by atoms with Gasteiger partial charge in [-0.05, 0) is 49.2 Å². The third-order valence-electron chi connectivity index (χ3n) is 5.13. The predicted molar refractivity (Wildman–Crippen MR) is 136 cm³/mol. The van der Waals surface area contributed by atoms with Crippen LogP contribution in [0.5, 0.6) is 0 Å². The summed E-state index contributed by atoms with van der Waals surface area (Å²) in [6.45, 7) is 3.59. The molecule has 0 aromatic heterocycles. The fourth-order valence-corrected chi connectivity index (χ4v) is 4.44.